The number of nitrogens with one attached hydrogen (secondary N) is 1. The zero-order valence-electron chi connectivity index (χ0n) is 15.0. The van der Waals surface area contributed by atoms with Gasteiger partial charge in [-0.1, -0.05) is 41.6 Å². The summed E-state index contributed by atoms with van der Waals surface area (Å²) in [5, 5.41) is 17.9. The summed E-state index contributed by atoms with van der Waals surface area (Å²) in [6, 6.07) is 16.7. The van der Waals surface area contributed by atoms with Crippen LogP contribution in [0.15, 0.2) is 53.7 Å². The van der Waals surface area contributed by atoms with Crippen LogP contribution in [0.25, 0.3) is 21.9 Å². The van der Waals surface area contributed by atoms with Crippen LogP contribution in [-0.2, 0) is 17.8 Å². The lowest BCUT2D eigenvalue weighted by Crippen LogP contribution is -2.27. The molecule has 5 heteroatoms. The molecule has 0 fully saturated rings. The SMILES string of the molecule is CN1CCc2c(-c3ccc4ccccc4c3)cc3c(c2C1)NC(=O)C3=NO. The van der Waals surface area contributed by atoms with E-state index in [4.69, 9.17) is 0 Å². The summed E-state index contributed by atoms with van der Waals surface area (Å²) >= 11 is 0. The van der Waals surface area contributed by atoms with Crippen LogP contribution >= 0.6 is 0 Å². The molecule has 0 bridgehead atoms. The summed E-state index contributed by atoms with van der Waals surface area (Å²) in [7, 11) is 2.08. The Morgan fingerprint density at radius 1 is 1.04 bits per heavy atom. The number of hydrogen-bond donors (Lipinski definition) is 2. The number of anilines is 1. The third kappa shape index (κ3) is 2.43. The minimum atomic E-state index is -0.349. The van der Waals surface area contributed by atoms with E-state index in [1.807, 2.05) is 18.2 Å². The molecule has 0 saturated heterocycles. The summed E-state index contributed by atoms with van der Waals surface area (Å²) in [5.74, 6) is -0.349. The first-order chi connectivity index (χ1) is 13.2. The third-order valence-corrected chi connectivity index (χ3v) is 5.59. The predicted octanol–water partition coefficient (Wildman–Crippen LogP) is 3.63. The Morgan fingerprint density at radius 2 is 1.85 bits per heavy atom. The summed E-state index contributed by atoms with van der Waals surface area (Å²) in [6.45, 7) is 1.74. The highest BCUT2D eigenvalue weighted by atomic mass is 16.4. The van der Waals surface area contributed by atoms with Crippen LogP contribution in [0.3, 0.4) is 0 Å². The lowest BCUT2D eigenvalue weighted by Gasteiger charge is -2.29. The maximum absolute atomic E-state index is 12.2. The number of oxime groups is 1. The summed E-state index contributed by atoms with van der Waals surface area (Å²) in [4.78, 5) is 14.5. The molecular formula is C22H19N3O2. The zero-order chi connectivity index (χ0) is 18.5. The van der Waals surface area contributed by atoms with Crippen LogP contribution < -0.4 is 5.32 Å². The monoisotopic (exact) mass is 357 g/mol. The molecule has 2 aliphatic rings. The molecule has 5 rings (SSSR count). The Morgan fingerprint density at radius 3 is 2.67 bits per heavy atom. The number of rotatable bonds is 1. The summed E-state index contributed by atoms with van der Waals surface area (Å²) in [6.07, 6.45) is 0.919. The van der Waals surface area contributed by atoms with E-state index in [0.717, 1.165) is 41.9 Å². The van der Waals surface area contributed by atoms with Crippen molar-refractivity contribution in [3.63, 3.8) is 0 Å². The van der Waals surface area contributed by atoms with E-state index in [0.29, 0.717) is 5.56 Å². The van der Waals surface area contributed by atoms with E-state index in [1.54, 1.807) is 0 Å². The highest BCUT2D eigenvalue weighted by molar-refractivity contribution is 6.54. The summed E-state index contributed by atoms with van der Waals surface area (Å²) in [5.41, 5.74) is 6.17. The van der Waals surface area contributed by atoms with E-state index in [9.17, 15) is 10.0 Å². The van der Waals surface area contributed by atoms with Crippen molar-refractivity contribution in [3.05, 3.63) is 65.2 Å². The minimum Gasteiger partial charge on any atom is -0.410 e. The number of carbonyl (C=O) groups is 1. The van der Waals surface area contributed by atoms with Crippen molar-refractivity contribution in [3.8, 4) is 11.1 Å². The van der Waals surface area contributed by atoms with E-state index < -0.39 is 0 Å². The maximum atomic E-state index is 12.2. The number of likely N-dealkylation sites (N-methyl/N-ethyl adjacent to an activating group) is 1. The van der Waals surface area contributed by atoms with Crippen LogP contribution in [0.1, 0.15) is 16.7 Å². The molecule has 0 saturated carbocycles. The van der Waals surface area contributed by atoms with E-state index in [-0.39, 0.29) is 11.6 Å². The first-order valence-electron chi connectivity index (χ1n) is 9.06. The number of nitrogens with zero attached hydrogens (tertiary/aromatic N) is 2. The standard InChI is InChI=1S/C22H19N3O2/c1-25-9-8-16-17(15-7-6-13-4-2-3-5-14(13)10-15)11-18-20(19(16)12-25)23-22(26)21(18)24-27/h2-7,10-11,27H,8-9,12H2,1H3,(H,23,24,26). The number of fused-ring (bicyclic) bond motifs is 4. The van der Waals surface area contributed by atoms with Crippen LogP contribution in [-0.4, -0.2) is 35.3 Å². The van der Waals surface area contributed by atoms with Gasteiger partial charge in [0.2, 0.25) is 0 Å². The Bertz CT molecular complexity index is 1130. The number of benzene rings is 3. The lowest BCUT2D eigenvalue weighted by molar-refractivity contribution is -0.110. The van der Waals surface area contributed by atoms with Gasteiger partial charge in [0, 0.05) is 18.7 Å². The van der Waals surface area contributed by atoms with Crippen molar-refractivity contribution < 1.29 is 10.0 Å². The Balaban J connectivity index is 1.78. The molecule has 1 amide bonds. The van der Waals surface area contributed by atoms with E-state index in [1.165, 1.54) is 16.3 Å². The Hall–Kier alpha value is -3.18. The van der Waals surface area contributed by atoms with Crippen molar-refractivity contribution in [1.82, 2.24) is 4.90 Å². The smallest absolute Gasteiger partial charge is 0.278 e. The number of carbonyl (C=O) groups excluding carboxylic acids is 1. The Labute approximate surface area is 156 Å². The highest BCUT2D eigenvalue weighted by Crippen LogP contribution is 2.40. The van der Waals surface area contributed by atoms with E-state index >= 15 is 0 Å². The number of amides is 1. The molecule has 2 heterocycles. The van der Waals surface area contributed by atoms with Gasteiger partial charge in [-0.25, -0.2) is 0 Å². The van der Waals surface area contributed by atoms with Gasteiger partial charge in [0.15, 0.2) is 5.71 Å². The molecule has 0 radical (unpaired) electrons. The van der Waals surface area contributed by atoms with Gasteiger partial charge in [0.05, 0.1) is 5.69 Å². The van der Waals surface area contributed by atoms with Gasteiger partial charge < -0.3 is 15.4 Å². The molecule has 3 aromatic rings. The lowest BCUT2D eigenvalue weighted by atomic mass is 9.86. The van der Waals surface area contributed by atoms with Crippen molar-refractivity contribution >= 4 is 28.1 Å². The average molecular weight is 357 g/mol. The van der Waals surface area contributed by atoms with Crippen LogP contribution in [0.4, 0.5) is 5.69 Å². The fourth-order valence-corrected chi connectivity index (χ4v) is 4.23. The van der Waals surface area contributed by atoms with Crippen molar-refractivity contribution in [1.29, 1.82) is 0 Å². The minimum absolute atomic E-state index is 0.0862. The largest absolute Gasteiger partial charge is 0.410 e. The normalized spacial score (nSPS) is 17.8. The molecule has 5 nitrogen and oxygen atoms in total. The zero-order valence-corrected chi connectivity index (χ0v) is 15.0. The second kappa shape index (κ2) is 5.93. The molecular weight excluding hydrogens is 338 g/mol. The van der Waals surface area contributed by atoms with Gasteiger partial charge in [-0.3, -0.25) is 4.79 Å². The second-order valence-corrected chi connectivity index (χ2v) is 7.26. The average Bonchev–Trinajstić information content (AvgIpc) is 3.02. The van der Waals surface area contributed by atoms with Crippen LogP contribution in [0.5, 0.6) is 0 Å². The molecule has 0 spiro atoms. The van der Waals surface area contributed by atoms with Crippen molar-refractivity contribution in [2.75, 3.05) is 18.9 Å². The quantitative estimate of drug-likeness (QED) is 0.516. The molecule has 3 aromatic carbocycles. The van der Waals surface area contributed by atoms with Gasteiger partial charge >= 0.3 is 0 Å². The molecule has 0 aliphatic carbocycles. The third-order valence-electron chi connectivity index (χ3n) is 5.59. The molecule has 0 unspecified atom stereocenters. The molecule has 0 aromatic heterocycles. The van der Waals surface area contributed by atoms with E-state index in [2.05, 4.69) is 52.8 Å². The van der Waals surface area contributed by atoms with Crippen LogP contribution in [0, 0.1) is 0 Å². The number of hydrogen-bond acceptors (Lipinski definition) is 4. The second-order valence-electron chi connectivity index (χ2n) is 7.26. The molecule has 0 atom stereocenters. The van der Waals surface area contributed by atoms with Gasteiger partial charge in [-0.2, -0.15) is 0 Å². The fourth-order valence-electron chi connectivity index (χ4n) is 4.23. The van der Waals surface area contributed by atoms with Gasteiger partial charge in [0.1, 0.15) is 0 Å². The topological polar surface area (TPSA) is 64.9 Å². The first kappa shape index (κ1) is 16.0. The van der Waals surface area contributed by atoms with Crippen molar-refractivity contribution in [2.45, 2.75) is 13.0 Å². The molecule has 2 aliphatic heterocycles. The predicted molar refractivity (Wildman–Crippen MR) is 106 cm³/mol. The first-order valence-corrected chi connectivity index (χ1v) is 9.06. The summed E-state index contributed by atoms with van der Waals surface area (Å²) < 4.78 is 0. The molecule has 27 heavy (non-hydrogen) atoms. The van der Waals surface area contributed by atoms with Crippen molar-refractivity contribution in [2.24, 2.45) is 5.16 Å². The fraction of sp³-hybridized carbons (Fsp3) is 0.182. The van der Waals surface area contributed by atoms with Crippen LogP contribution in [0.2, 0.25) is 0 Å². The Kier molecular flexibility index (Phi) is 3.52. The van der Waals surface area contributed by atoms with Gasteiger partial charge in [-0.05, 0) is 58.6 Å². The maximum Gasteiger partial charge on any atom is 0.278 e. The van der Waals surface area contributed by atoms with Gasteiger partial charge in [0.25, 0.3) is 5.91 Å². The molecule has 2 N–H and O–H groups in total. The highest BCUT2D eigenvalue weighted by Gasteiger charge is 2.33. The molecule has 134 valence electrons. The van der Waals surface area contributed by atoms with Gasteiger partial charge in [-0.15, -0.1) is 0 Å².